The van der Waals surface area contributed by atoms with Gasteiger partial charge in [-0.25, -0.2) is 0 Å². The summed E-state index contributed by atoms with van der Waals surface area (Å²) in [7, 11) is 0. The number of nitro benzene ring substituents is 1. The summed E-state index contributed by atoms with van der Waals surface area (Å²) >= 11 is 7.05. The molecule has 12 heteroatoms. The number of ketones is 2. The van der Waals surface area contributed by atoms with E-state index in [1.54, 1.807) is 12.1 Å². The molecule has 0 spiro atoms. The topological polar surface area (TPSA) is 89.8 Å². The summed E-state index contributed by atoms with van der Waals surface area (Å²) in [5, 5.41) is 12.0. The van der Waals surface area contributed by atoms with Crippen molar-refractivity contribution in [2.24, 2.45) is 10.8 Å². The van der Waals surface area contributed by atoms with Gasteiger partial charge in [-0.15, -0.1) is 0 Å². The van der Waals surface area contributed by atoms with Crippen molar-refractivity contribution in [1.29, 1.82) is 0 Å². The van der Waals surface area contributed by atoms with Crippen molar-refractivity contribution < 1.29 is 32.4 Å². The Hall–Kier alpha value is -3.77. The molecule has 49 heavy (non-hydrogen) atoms. The lowest BCUT2D eigenvalue weighted by atomic mass is 9.63. The molecule has 1 aliphatic heterocycles. The van der Waals surface area contributed by atoms with E-state index in [-0.39, 0.29) is 41.0 Å². The van der Waals surface area contributed by atoms with Crippen LogP contribution in [0.2, 0.25) is 0 Å². The smallest absolute Gasteiger partial charge is 0.416 e. The van der Waals surface area contributed by atoms with Gasteiger partial charge in [0, 0.05) is 63.9 Å². The lowest BCUT2D eigenvalue weighted by Crippen LogP contribution is -2.44. The number of nitro groups is 1. The van der Waals surface area contributed by atoms with Crippen molar-refractivity contribution in [1.82, 2.24) is 4.90 Å². The van der Waals surface area contributed by atoms with E-state index in [1.807, 2.05) is 58.0 Å². The van der Waals surface area contributed by atoms with E-state index in [4.69, 9.17) is 4.74 Å². The van der Waals surface area contributed by atoms with E-state index in [2.05, 4.69) is 36.8 Å². The molecule has 0 N–H and O–H groups in total. The van der Waals surface area contributed by atoms with Gasteiger partial charge in [0.25, 0.3) is 0 Å². The Bertz CT molecular complexity index is 1910. The van der Waals surface area contributed by atoms with Crippen molar-refractivity contribution in [3.63, 3.8) is 0 Å². The van der Waals surface area contributed by atoms with Gasteiger partial charge in [-0.3, -0.25) is 19.7 Å². The monoisotopic (exact) mass is 800 g/mol. The number of carbonyl (C=O) groups is 2. The summed E-state index contributed by atoms with van der Waals surface area (Å²) < 4.78 is 47.6. The molecule has 2 aliphatic carbocycles. The van der Waals surface area contributed by atoms with Gasteiger partial charge in [0.1, 0.15) is 5.75 Å². The van der Waals surface area contributed by atoms with E-state index < -0.39 is 34.0 Å². The number of ether oxygens (including phenoxy) is 1. The van der Waals surface area contributed by atoms with E-state index in [9.17, 15) is 32.9 Å². The van der Waals surface area contributed by atoms with Gasteiger partial charge >= 0.3 is 11.9 Å². The van der Waals surface area contributed by atoms with Crippen molar-refractivity contribution in [3.05, 3.63) is 119 Å². The van der Waals surface area contributed by atoms with Crippen molar-refractivity contribution in [3.8, 4) is 11.5 Å². The normalized spacial score (nSPS) is 19.2. The SMILES string of the molecule is CC1(C)CC(=O)C2=C(C1)N(Cc1ccccc1)C1=C(C(=O)CC(C)(C)C1)C2c1cc(Br)cc(Br)c1Oc1ccc(C(F)(F)F)cc1[N+](=O)[O-]. The summed E-state index contributed by atoms with van der Waals surface area (Å²) in [5.74, 6) is -1.50. The van der Waals surface area contributed by atoms with Crippen LogP contribution in [0.5, 0.6) is 11.5 Å². The third-order valence-electron chi connectivity index (χ3n) is 9.25. The number of alkyl halides is 3. The zero-order valence-electron chi connectivity index (χ0n) is 27.2. The highest BCUT2D eigenvalue weighted by molar-refractivity contribution is 9.11. The zero-order valence-corrected chi connectivity index (χ0v) is 30.4. The minimum absolute atomic E-state index is 0.0570. The van der Waals surface area contributed by atoms with Crippen LogP contribution in [0, 0.1) is 20.9 Å². The second-order valence-corrected chi connectivity index (χ2v) is 16.2. The van der Waals surface area contributed by atoms with Crippen LogP contribution in [0.3, 0.4) is 0 Å². The predicted molar refractivity (Wildman–Crippen MR) is 185 cm³/mol. The van der Waals surface area contributed by atoms with Gasteiger partial charge in [-0.05, 0) is 69.4 Å². The van der Waals surface area contributed by atoms with E-state index in [0.717, 1.165) is 29.1 Å². The van der Waals surface area contributed by atoms with Crippen LogP contribution >= 0.6 is 31.9 Å². The molecule has 0 amide bonds. The highest BCUT2D eigenvalue weighted by atomic mass is 79.9. The van der Waals surface area contributed by atoms with Crippen molar-refractivity contribution in [2.75, 3.05) is 0 Å². The fourth-order valence-corrected chi connectivity index (χ4v) is 8.59. The van der Waals surface area contributed by atoms with E-state index in [0.29, 0.717) is 51.1 Å². The predicted octanol–water partition coefficient (Wildman–Crippen LogP) is 10.8. The zero-order chi connectivity index (χ0) is 35.6. The second-order valence-electron chi connectivity index (χ2n) is 14.5. The molecule has 1 heterocycles. The van der Waals surface area contributed by atoms with Crippen LogP contribution in [0.25, 0.3) is 0 Å². The molecular weight excluding hydrogens is 769 g/mol. The van der Waals surface area contributed by atoms with Gasteiger partial charge in [-0.2, -0.15) is 13.2 Å². The molecular formula is C37H33Br2F3N2O5. The second kappa shape index (κ2) is 12.5. The molecule has 0 bridgehead atoms. The quantitative estimate of drug-likeness (QED) is 0.182. The maximum absolute atomic E-state index is 14.4. The number of hydrogen-bond acceptors (Lipinski definition) is 6. The Kier molecular flexibility index (Phi) is 8.97. The molecule has 3 aromatic carbocycles. The lowest BCUT2D eigenvalue weighted by molar-refractivity contribution is -0.385. The first-order chi connectivity index (χ1) is 22.8. The number of halogens is 5. The largest absolute Gasteiger partial charge is 0.449 e. The van der Waals surface area contributed by atoms with Crippen LogP contribution in [-0.2, 0) is 22.3 Å². The maximum Gasteiger partial charge on any atom is 0.416 e. The molecule has 3 aromatic rings. The molecule has 0 fully saturated rings. The number of carbonyl (C=O) groups excluding carboxylic acids is 2. The lowest BCUT2D eigenvalue weighted by Gasteiger charge is -2.49. The van der Waals surface area contributed by atoms with Crippen molar-refractivity contribution >= 4 is 49.1 Å². The Morgan fingerprint density at radius 3 is 1.98 bits per heavy atom. The molecule has 6 rings (SSSR count). The molecule has 7 nitrogen and oxygen atoms in total. The Morgan fingerprint density at radius 1 is 0.878 bits per heavy atom. The van der Waals surface area contributed by atoms with E-state index in [1.165, 1.54) is 0 Å². The van der Waals surface area contributed by atoms with Crippen LogP contribution in [0.15, 0.2) is 92.1 Å². The highest BCUT2D eigenvalue weighted by Gasteiger charge is 2.50. The molecule has 3 aliphatic rings. The molecule has 0 unspecified atom stereocenters. The molecule has 0 atom stereocenters. The summed E-state index contributed by atoms with van der Waals surface area (Å²) in [4.78, 5) is 42.0. The van der Waals surface area contributed by atoms with Crippen molar-refractivity contribution in [2.45, 2.75) is 72.0 Å². The first kappa shape index (κ1) is 35.1. The summed E-state index contributed by atoms with van der Waals surface area (Å²) in [6.45, 7) is 8.61. The summed E-state index contributed by atoms with van der Waals surface area (Å²) in [5.41, 5.74) is 1.11. The minimum Gasteiger partial charge on any atom is -0.449 e. The molecule has 0 aromatic heterocycles. The van der Waals surface area contributed by atoms with Crippen LogP contribution in [0.4, 0.5) is 18.9 Å². The van der Waals surface area contributed by atoms with Crippen LogP contribution in [0.1, 0.15) is 76.0 Å². The van der Waals surface area contributed by atoms with Gasteiger partial charge in [0.15, 0.2) is 11.6 Å². The number of benzene rings is 3. The number of nitrogens with zero attached hydrogens (tertiary/aromatic N) is 2. The minimum atomic E-state index is -4.81. The molecule has 0 radical (unpaired) electrons. The van der Waals surface area contributed by atoms with Gasteiger partial charge < -0.3 is 9.64 Å². The fraction of sp³-hybridized carbons (Fsp3) is 0.351. The Balaban J connectivity index is 1.61. The number of allylic oxidation sites excluding steroid dienone is 4. The molecule has 0 saturated carbocycles. The van der Waals surface area contributed by atoms with Gasteiger partial charge in [0.2, 0.25) is 5.75 Å². The fourth-order valence-electron chi connectivity index (χ4n) is 7.25. The summed E-state index contributed by atoms with van der Waals surface area (Å²) in [6.07, 6.45) is -3.23. The van der Waals surface area contributed by atoms with Gasteiger partial charge in [-0.1, -0.05) is 74.0 Å². The number of hydrogen-bond donors (Lipinski definition) is 0. The summed E-state index contributed by atoms with van der Waals surface area (Å²) in [6, 6.07) is 15.3. The first-order valence-corrected chi connectivity index (χ1v) is 17.3. The average Bonchev–Trinajstić information content (AvgIpc) is 2.98. The highest BCUT2D eigenvalue weighted by Crippen LogP contribution is 2.57. The maximum atomic E-state index is 14.4. The first-order valence-electron chi connectivity index (χ1n) is 15.7. The third kappa shape index (κ3) is 6.86. The van der Waals surface area contributed by atoms with E-state index >= 15 is 0 Å². The van der Waals surface area contributed by atoms with Gasteiger partial charge in [0.05, 0.1) is 15.0 Å². The number of Topliss-reactive ketones (excluding diaryl/α,β-unsaturated/α-hetero) is 2. The van der Waals surface area contributed by atoms with Crippen LogP contribution < -0.4 is 4.74 Å². The molecule has 256 valence electrons. The third-order valence-corrected chi connectivity index (χ3v) is 10.3. The standard InChI is InChI=1S/C37H33Br2F3N2O5/c1-35(2)15-26-32(28(45)17-35)31(33-27(16-36(3,4)18-29(33)46)43(26)19-20-8-6-5-7-9-20)23-13-22(38)14-24(39)34(23)49-30-11-10-21(37(40,41)42)12-25(30)44(47)48/h5-14,31H,15-19H2,1-4H3. The van der Waals surface area contributed by atoms with Crippen LogP contribution in [-0.4, -0.2) is 21.4 Å². The average molecular weight is 802 g/mol. The Morgan fingerprint density at radius 2 is 1.45 bits per heavy atom. The number of rotatable bonds is 6. The Labute approximate surface area is 298 Å². The molecule has 0 saturated heterocycles.